The molecule has 0 aromatic heterocycles. The van der Waals surface area contributed by atoms with Crippen molar-refractivity contribution in [1.82, 2.24) is 0 Å². The van der Waals surface area contributed by atoms with Crippen molar-refractivity contribution >= 4 is 23.2 Å². The number of aliphatic hydroxyl groups is 1. The van der Waals surface area contributed by atoms with Crippen molar-refractivity contribution < 1.29 is 28.8 Å². The second-order valence-corrected chi connectivity index (χ2v) is 14.5. The van der Waals surface area contributed by atoms with Crippen LogP contribution in [0.4, 0.5) is 0 Å². The van der Waals surface area contributed by atoms with Crippen molar-refractivity contribution in [1.29, 1.82) is 0 Å². The summed E-state index contributed by atoms with van der Waals surface area (Å²) in [6.45, 7) is 13.8. The Morgan fingerprint density at radius 3 is 1.10 bits per heavy atom. The van der Waals surface area contributed by atoms with Gasteiger partial charge in [-0.1, -0.05) is 83.1 Å². The van der Waals surface area contributed by atoms with Crippen molar-refractivity contribution in [3.63, 3.8) is 0 Å². The Hall–Kier alpha value is -3.42. The smallest absolute Gasteiger partial charge is 0.119 e. The zero-order valence-electron chi connectivity index (χ0n) is 31.8. The monoisotopic (exact) mass is 752 g/mol. The average molecular weight is 754 g/mol. The van der Waals surface area contributed by atoms with Crippen molar-refractivity contribution in [2.75, 3.05) is 51.9 Å². The lowest BCUT2D eigenvalue weighted by molar-refractivity contribution is 0.104. The minimum Gasteiger partial charge on any atom is -0.494 e. The third-order valence-corrected chi connectivity index (χ3v) is 9.61. The van der Waals surface area contributed by atoms with Gasteiger partial charge in [-0.3, -0.25) is 0 Å². The standard InChI is InChI=1S/2C22H29ClO3/c1-22(2,18-6-10-20(11-7-18)25-16-4-14-23)19-8-12-21(13-9-19)26-17-5-15-24-3;1-4-19(24)16-26-21-12-8-18(9-13-21)22(2,3)17-6-10-20(11-7-17)25-15-5-14-23/h6-13H,4-5,14-17H2,1-3H3;6-13,19,24H,4-5,14-16H2,1-3H3. The third-order valence-electron chi connectivity index (χ3n) is 9.07. The molecule has 8 heteroatoms. The molecule has 0 aliphatic carbocycles. The van der Waals surface area contributed by atoms with Crippen LogP contribution in [-0.4, -0.2) is 63.1 Å². The molecule has 0 bridgehead atoms. The number of aliphatic hydroxyl groups excluding tert-OH is 1. The van der Waals surface area contributed by atoms with Crippen LogP contribution in [0.5, 0.6) is 23.0 Å². The molecule has 6 nitrogen and oxygen atoms in total. The van der Waals surface area contributed by atoms with Crippen molar-refractivity contribution in [3.05, 3.63) is 119 Å². The summed E-state index contributed by atoms with van der Waals surface area (Å²) in [7, 11) is 1.70. The van der Waals surface area contributed by atoms with Crippen LogP contribution in [0.3, 0.4) is 0 Å². The molecule has 284 valence electrons. The summed E-state index contributed by atoms with van der Waals surface area (Å²) in [6, 6.07) is 33.0. The highest BCUT2D eigenvalue weighted by atomic mass is 35.5. The minimum absolute atomic E-state index is 0.0940. The molecule has 0 fully saturated rings. The normalized spacial score (nSPS) is 12.0. The van der Waals surface area contributed by atoms with Crippen LogP contribution < -0.4 is 18.9 Å². The molecule has 0 spiro atoms. The number of rotatable bonds is 21. The molecule has 0 aliphatic heterocycles. The number of alkyl halides is 2. The van der Waals surface area contributed by atoms with Crippen LogP contribution >= 0.6 is 23.2 Å². The van der Waals surface area contributed by atoms with Gasteiger partial charge in [0.05, 0.1) is 25.9 Å². The predicted molar refractivity (Wildman–Crippen MR) is 215 cm³/mol. The van der Waals surface area contributed by atoms with Crippen LogP contribution in [0.25, 0.3) is 0 Å². The zero-order valence-corrected chi connectivity index (χ0v) is 33.3. The van der Waals surface area contributed by atoms with E-state index in [2.05, 4.69) is 76.2 Å². The summed E-state index contributed by atoms with van der Waals surface area (Å²) in [5.41, 5.74) is 4.70. The van der Waals surface area contributed by atoms with Gasteiger partial charge in [0.15, 0.2) is 0 Å². The van der Waals surface area contributed by atoms with Gasteiger partial charge in [-0.15, -0.1) is 23.2 Å². The molecule has 1 unspecified atom stereocenters. The first kappa shape index (κ1) is 43.0. The molecule has 0 saturated carbocycles. The summed E-state index contributed by atoms with van der Waals surface area (Å²) in [5.74, 6) is 4.66. The largest absolute Gasteiger partial charge is 0.494 e. The second kappa shape index (κ2) is 22.6. The van der Waals surface area contributed by atoms with Gasteiger partial charge in [0.25, 0.3) is 0 Å². The second-order valence-electron chi connectivity index (χ2n) is 13.7. The van der Waals surface area contributed by atoms with Gasteiger partial charge >= 0.3 is 0 Å². The maximum atomic E-state index is 9.60. The Balaban J connectivity index is 0.000000280. The van der Waals surface area contributed by atoms with Crippen molar-refractivity contribution in [2.45, 2.75) is 77.2 Å². The summed E-state index contributed by atoms with van der Waals surface area (Å²) >= 11 is 11.4. The van der Waals surface area contributed by atoms with E-state index in [-0.39, 0.29) is 10.8 Å². The molecular weight excluding hydrogens is 695 g/mol. The highest BCUT2D eigenvalue weighted by molar-refractivity contribution is 6.18. The predicted octanol–water partition coefficient (Wildman–Crippen LogP) is 10.6. The molecule has 4 aromatic rings. The number of hydrogen-bond donors (Lipinski definition) is 1. The molecule has 4 aromatic carbocycles. The first-order valence-corrected chi connectivity index (χ1v) is 19.3. The third kappa shape index (κ3) is 13.9. The van der Waals surface area contributed by atoms with E-state index in [9.17, 15) is 5.11 Å². The quantitative estimate of drug-likeness (QED) is 0.0675. The molecule has 0 heterocycles. The van der Waals surface area contributed by atoms with Crippen molar-refractivity contribution in [2.24, 2.45) is 0 Å². The molecule has 0 aliphatic rings. The zero-order chi connectivity index (χ0) is 37.8. The summed E-state index contributed by atoms with van der Waals surface area (Å²) < 4.78 is 27.7. The van der Waals surface area contributed by atoms with E-state index in [1.165, 1.54) is 22.3 Å². The van der Waals surface area contributed by atoms with Crippen molar-refractivity contribution in [3.8, 4) is 23.0 Å². The summed E-state index contributed by atoms with van der Waals surface area (Å²) in [6.07, 6.45) is 2.86. The lowest BCUT2D eigenvalue weighted by atomic mass is 9.78. The number of ether oxygens (including phenoxy) is 5. The van der Waals surface area contributed by atoms with Crippen LogP contribution in [0.2, 0.25) is 0 Å². The van der Waals surface area contributed by atoms with Crippen LogP contribution in [-0.2, 0) is 15.6 Å². The van der Waals surface area contributed by atoms with E-state index in [1.54, 1.807) is 7.11 Å². The van der Waals surface area contributed by atoms with Gasteiger partial charge in [0, 0.05) is 42.7 Å². The first-order valence-electron chi connectivity index (χ1n) is 18.3. The molecule has 1 N–H and O–H groups in total. The lowest BCUT2D eigenvalue weighted by Gasteiger charge is -2.26. The van der Waals surface area contributed by atoms with Gasteiger partial charge in [-0.2, -0.15) is 0 Å². The molecular formula is C44H58Cl2O6. The van der Waals surface area contributed by atoms with Gasteiger partial charge in [-0.25, -0.2) is 0 Å². The molecule has 0 radical (unpaired) electrons. The highest BCUT2D eigenvalue weighted by Gasteiger charge is 2.24. The van der Waals surface area contributed by atoms with E-state index < -0.39 is 6.10 Å². The van der Waals surface area contributed by atoms with Gasteiger partial charge < -0.3 is 28.8 Å². The number of benzene rings is 4. The number of hydrogen-bond acceptors (Lipinski definition) is 6. The van der Waals surface area contributed by atoms with E-state index in [1.807, 2.05) is 55.5 Å². The number of halogens is 2. The lowest BCUT2D eigenvalue weighted by Crippen LogP contribution is -2.19. The fraction of sp³-hybridized carbons (Fsp3) is 0.455. The topological polar surface area (TPSA) is 66.4 Å². The Labute approximate surface area is 322 Å². The fourth-order valence-electron chi connectivity index (χ4n) is 5.40. The summed E-state index contributed by atoms with van der Waals surface area (Å²) in [5, 5.41) is 9.60. The SMILES string of the molecule is CCC(O)COc1ccc(C(C)(C)c2ccc(OCCCCl)cc2)cc1.COCCCOc1ccc(C(C)(C)c2ccc(OCCCCl)cc2)cc1. The maximum Gasteiger partial charge on any atom is 0.119 e. The highest BCUT2D eigenvalue weighted by Crippen LogP contribution is 2.35. The Morgan fingerprint density at radius 1 is 0.500 bits per heavy atom. The Kier molecular flexibility index (Phi) is 18.7. The van der Waals surface area contributed by atoms with Gasteiger partial charge in [0.1, 0.15) is 29.6 Å². The molecule has 0 saturated heterocycles. The fourth-order valence-corrected chi connectivity index (χ4v) is 5.62. The number of methoxy groups -OCH3 is 1. The van der Waals surface area contributed by atoms with E-state index in [4.69, 9.17) is 46.9 Å². The molecule has 52 heavy (non-hydrogen) atoms. The Morgan fingerprint density at radius 2 is 0.808 bits per heavy atom. The minimum atomic E-state index is -0.420. The van der Waals surface area contributed by atoms with Crippen LogP contribution in [0, 0.1) is 0 Å². The van der Waals surface area contributed by atoms with E-state index >= 15 is 0 Å². The first-order chi connectivity index (χ1) is 25.0. The van der Waals surface area contributed by atoms with E-state index in [0.29, 0.717) is 44.6 Å². The maximum absolute atomic E-state index is 9.60. The average Bonchev–Trinajstić information content (AvgIpc) is 3.17. The summed E-state index contributed by atoms with van der Waals surface area (Å²) in [4.78, 5) is 0. The Bertz CT molecular complexity index is 1520. The van der Waals surface area contributed by atoms with Crippen LogP contribution in [0.1, 0.15) is 82.6 Å². The van der Waals surface area contributed by atoms with Gasteiger partial charge in [-0.05, 0) is 90.0 Å². The van der Waals surface area contributed by atoms with E-state index in [0.717, 1.165) is 48.9 Å². The van der Waals surface area contributed by atoms with Crippen LogP contribution in [0.15, 0.2) is 97.1 Å². The molecule has 4 rings (SSSR count). The molecule has 0 amide bonds. The molecule has 1 atom stereocenters. The van der Waals surface area contributed by atoms with Gasteiger partial charge in [0.2, 0.25) is 0 Å².